The molecule has 78 valence electrons. The molecule has 4 heteroatoms. The number of anilines is 1. The molecule has 1 unspecified atom stereocenters. The van der Waals surface area contributed by atoms with Crippen LogP contribution < -0.4 is 5.73 Å². The number of thiazole rings is 1. The van der Waals surface area contributed by atoms with Crippen molar-refractivity contribution in [1.29, 1.82) is 0 Å². The molecule has 0 aliphatic rings. The van der Waals surface area contributed by atoms with Gasteiger partial charge in [-0.25, -0.2) is 4.98 Å². The van der Waals surface area contributed by atoms with Crippen molar-refractivity contribution in [2.24, 2.45) is 0 Å². The molecule has 0 radical (unpaired) electrons. The van der Waals surface area contributed by atoms with Gasteiger partial charge in [0.15, 0.2) is 5.13 Å². The maximum Gasteiger partial charge on any atom is 0.180 e. The number of hydrogen-bond donors (Lipinski definition) is 2. The van der Waals surface area contributed by atoms with E-state index in [1.165, 1.54) is 16.9 Å². The number of aryl methyl sites for hydroxylation is 1. The van der Waals surface area contributed by atoms with Crippen LogP contribution in [0.15, 0.2) is 30.5 Å². The molecule has 1 heterocycles. The van der Waals surface area contributed by atoms with Gasteiger partial charge >= 0.3 is 0 Å². The Bertz CT molecular complexity index is 450. The van der Waals surface area contributed by atoms with Gasteiger partial charge in [-0.3, -0.25) is 0 Å². The lowest BCUT2D eigenvalue weighted by atomic mass is 10.1. The summed E-state index contributed by atoms with van der Waals surface area (Å²) in [5.41, 5.74) is 7.56. The molecule has 0 spiro atoms. The molecule has 1 aromatic heterocycles. The zero-order chi connectivity index (χ0) is 10.8. The van der Waals surface area contributed by atoms with Gasteiger partial charge in [0.25, 0.3) is 0 Å². The van der Waals surface area contributed by atoms with Crippen molar-refractivity contribution in [3.63, 3.8) is 0 Å². The Morgan fingerprint density at radius 1 is 1.33 bits per heavy atom. The highest BCUT2D eigenvalue weighted by Crippen LogP contribution is 2.27. The molecule has 0 saturated carbocycles. The van der Waals surface area contributed by atoms with E-state index < -0.39 is 6.10 Å². The molecule has 0 aliphatic carbocycles. The highest BCUT2D eigenvalue weighted by atomic mass is 32.1. The normalized spacial score (nSPS) is 12.7. The van der Waals surface area contributed by atoms with Crippen LogP contribution in [0.2, 0.25) is 0 Å². The van der Waals surface area contributed by atoms with Crippen molar-refractivity contribution in [2.45, 2.75) is 13.0 Å². The van der Waals surface area contributed by atoms with Gasteiger partial charge in [0.1, 0.15) is 6.10 Å². The smallest absolute Gasteiger partial charge is 0.180 e. The maximum atomic E-state index is 10.0. The quantitative estimate of drug-likeness (QED) is 0.815. The third kappa shape index (κ3) is 2.16. The largest absolute Gasteiger partial charge is 0.383 e. The lowest BCUT2D eigenvalue weighted by Crippen LogP contribution is -1.96. The minimum Gasteiger partial charge on any atom is -0.383 e. The van der Waals surface area contributed by atoms with Crippen LogP contribution in [0.5, 0.6) is 0 Å². The number of aliphatic hydroxyl groups is 1. The van der Waals surface area contributed by atoms with E-state index in [9.17, 15) is 5.11 Å². The van der Waals surface area contributed by atoms with Gasteiger partial charge in [0.05, 0.1) is 4.88 Å². The summed E-state index contributed by atoms with van der Waals surface area (Å²) in [5.74, 6) is 0. The van der Waals surface area contributed by atoms with Crippen LogP contribution in [0.25, 0.3) is 0 Å². The molecule has 0 aliphatic heterocycles. The molecule has 1 aromatic carbocycles. The van der Waals surface area contributed by atoms with E-state index in [2.05, 4.69) is 4.98 Å². The number of rotatable bonds is 2. The minimum atomic E-state index is -0.625. The number of hydrogen-bond acceptors (Lipinski definition) is 4. The van der Waals surface area contributed by atoms with Gasteiger partial charge in [-0.2, -0.15) is 0 Å². The van der Waals surface area contributed by atoms with Crippen molar-refractivity contribution in [2.75, 3.05) is 5.73 Å². The second-order valence-electron chi connectivity index (χ2n) is 3.41. The van der Waals surface area contributed by atoms with E-state index in [0.717, 1.165) is 10.4 Å². The first-order chi connectivity index (χ1) is 7.16. The van der Waals surface area contributed by atoms with Crippen LogP contribution in [-0.4, -0.2) is 10.1 Å². The Hall–Kier alpha value is -1.39. The fourth-order valence-electron chi connectivity index (χ4n) is 1.34. The Morgan fingerprint density at radius 3 is 2.53 bits per heavy atom. The molecule has 2 rings (SSSR count). The summed E-state index contributed by atoms with van der Waals surface area (Å²) in [7, 11) is 0. The predicted octanol–water partition coefficient (Wildman–Crippen LogP) is 2.12. The van der Waals surface area contributed by atoms with Gasteiger partial charge in [-0.1, -0.05) is 41.2 Å². The number of nitrogens with two attached hydrogens (primary N) is 1. The van der Waals surface area contributed by atoms with Gasteiger partial charge in [-0.15, -0.1) is 0 Å². The molecule has 0 saturated heterocycles. The van der Waals surface area contributed by atoms with Crippen molar-refractivity contribution in [1.82, 2.24) is 4.98 Å². The first kappa shape index (κ1) is 10.1. The summed E-state index contributed by atoms with van der Waals surface area (Å²) < 4.78 is 0. The van der Waals surface area contributed by atoms with Gasteiger partial charge in [0, 0.05) is 6.20 Å². The second-order valence-corrected chi connectivity index (χ2v) is 4.51. The Balaban J connectivity index is 2.28. The molecule has 1 atom stereocenters. The van der Waals surface area contributed by atoms with E-state index in [1.54, 1.807) is 6.20 Å². The van der Waals surface area contributed by atoms with Crippen LogP contribution in [0.1, 0.15) is 22.1 Å². The summed E-state index contributed by atoms with van der Waals surface area (Å²) in [4.78, 5) is 4.69. The number of aromatic nitrogens is 1. The van der Waals surface area contributed by atoms with Crippen LogP contribution in [-0.2, 0) is 0 Å². The van der Waals surface area contributed by atoms with Gasteiger partial charge in [0.2, 0.25) is 0 Å². The molecule has 0 fully saturated rings. The first-order valence-corrected chi connectivity index (χ1v) is 5.44. The van der Waals surface area contributed by atoms with Crippen LogP contribution >= 0.6 is 11.3 Å². The molecule has 0 amide bonds. The summed E-state index contributed by atoms with van der Waals surface area (Å²) in [5, 5.41) is 10.5. The van der Waals surface area contributed by atoms with E-state index in [-0.39, 0.29) is 0 Å². The first-order valence-electron chi connectivity index (χ1n) is 4.62. The standard InChI is InChI=1S/C11H12N2OS/c1-7-2-4-8(5-3-7)10(14)9-6-13-11(12)15-9/h2-6,10,14H,1H3,(H2,12,13). The third-order valence-corrected chi connectivity index (χ3v) is 3.08. The van der Waals surface area contributed by atoms with Crippen LogP contribution in [0, 0.1) is 6.92 Å². The molecular formula is C11H12N2OS. The number of nitrogen functional groups attached to an aromatic ring is 1. The number of aliphatic hydroxyl groups excluding tert-OH is 1. The van der Waals surface area contributed by atoms with Crippen molar-refractivity contribution >= 4 is 16.5 Å². The van der Waals surface area contributed by atoms with E-state index >= 15 is 0 Å². The lowest BCUT2D eigenvalue weighted by Gasteiger charge is -2.08. The predicted molar refractivity (Wildman–Crippen MR) is 61.8 cm³/mol. The number of benzene rings is 1. The van der Waals surface area contributed by atoms with Crippen LogP contribution in [0.4, 0.5) is 5.13 Å². The summed E-state index contributed by atoms with van der Waals surface area (Å²) >= 11 is 1.31. The summed E-state index contributed by atoms with van der Waals surface area (Å²) in [6.45, 7) is 2.01. The highest BCUT2D eigenvalue weighted by molar-refractivity contribution is 7.15. The molecular weight excluding hydrogens is 208 g/mol. The monoisotopic (exact) mass is 220 g/mol. The van der Waals surface area contributed by atoms with Gasteiger partial charge in [-0.05, 0) is 12.5 Å². The second kappa shape index (κ2) is 4.00. The van der Waals surface area contributed by atoms with E-state index in [0.29, 0.717) is 5.13 Å². The summed E-state index contributed by atoms with van der Waals surface area (Å²) in [6, 6.07) is 7.78. The fraction of sp³-hybridized carbons (Fsp3) is 0.182. The fourth-order valence-corrected chi connectivity index (χ4v) is 2.04. The SMILES string of the molecule is Cc1ccc(C(O)c2cnc(N)s2)cc1. The van der Waals surface area contributed by atoms with E-state index in [1.807, 2.05) is 31.2 Å². The molecule has 3 N–H and O–H groups in total. The maximum absolute atomic E-state index is 10.0. The molecule has 15 heavy (non-hydrogen) atoms. The Labute approximate surface area is 92.2 Å². The van der Waals surface area contributed by atoms with Crippen molar-refractivity contribution < 1.29 is 5.11 Å². The Morgan fingerprint density at radius 2 is 2.00 bits per heavy atom. The zero-order valence-electron chi connectivity index (χ0n) is 8.34. The topological polar surface area (TPSA) is 59.1 Å². The number of nitrogens with zero attached hydrogens (tertiary/aromatic N) is 1. The van der Waals surface area contributed by atoms with Crippen LogP contribution in [0.3, 0.4) is 0 Å². The van der Waals surface area contributed by atoms with Gasteiger partial charge < -0.3 is 10.8 Å². The molecule has 3 nitrogen and oxygen atoms in total. The van der Waals surface area contributed by atoms with Crippen molar-refractivity contribution in [3.05, 3.63) is 46.5 Å². The highest BCUT2D eigenvalue weighted by Gasteiger charge is 2.12. The average Bonchev–Trinajstić information content (AvgIpc) is 2.65. The summed E-state index contributed by atoms with van der Waals surface area (Å²) in [6.07, 6.45) is 0.991. The lowest BCUT2D eigenvalue weighted by molar-refractivity contribution is 0.224. The zero-order valence-corrected chi connectivity index (χ0v) is 9.16. The average molecular weight is 220 g/mol. The Kier molecular flexibility index (Phi) is 2.70. The van der Waals surface area contributed by atoms with Crippen molar-refractivity contribution in [3.8, 4) is 0 Å². The third-order valence-electron chi connectivity index (χ3n) is 2.20. The molecule has 0 bridgehead atoms. The van der Waals surface area contributed by atoms with E-state index in [4.69, 9.17) is 5.73 Å². The molecule has 2 aromatic rings. The minimum absolute atomic E-state index is 0.483.